The number of piperazine rings is 1. The lowest BCUT2D eigenvalue weighted by atomic mass is 10.3. The maximum absolute atomic E-state index is 13.1. The molecule has 1 aliphatic heterocycles. The van der Waals surface area contributed by atoms with Gasteiger partial charge < -0.3 is 9.30 Å². The highest BCUT2D eigenvalue weighted by Crippen LogP contribution is 2.26. The molecule has 1 aromatic heterocycles. The summed E-state index contributed by atoms with van der Waals surface area (Å²) in [6, 6.07) is 10.7. The van der Waals surface area contributed by atoms with Gasteiger partial charge in [-0.2, -0.15) is 8.61 Å². The van der Waals surface area contributed by atoms with E-state index >= 15 is 0 Å². The van der Waals surface area contributed by atoms with E-state index < -0.39 is 20.0 Å². The van der Waals surface area contributed by atoms with Crippen LogP contribution in [0.5, 0.6) is 5.75 Å². The second-order valence-electron chi connectivity index (χ2n) is 7.04. The van der Waals surface area contributed by atoms with Crippen molar-refractivity contribution in [1.82, 2.24) is 13.2 Å². The van der Waals surface area contributed by atoms with E-state index in [1.165, 1.54) is 44.6 Å². The second kappa shape index (κ2) is 8.02. The standard InChI is InChI=1S/C19H21N3O6S3/c1-20-17-8-7-16(13-18(17)29-19(20)23)31(26,27)22-11-9-21(10-12-22)30(24,25)15-5-3-14(28-2)4-6-15/h3-8,13H,9-12H2,1-2H3. The first kappa shape index (κ1) is 22.0. The molecule has 0 amide bonds. The Balaban J connectivity index is 1.53. The molecule has 0 unspecified atom stereocenters. The largest absolute Gasteiger partial charge is 0.497 e. The highest BCUT2D eigenvalue weighted by atomic mass is 32.2. The van der Waals surface area contributed by atoms with Gasteiger partial charge in [0.05, 0.1) is 27.1 Å². The number of sulfonamides is 2. The lowest BCUT2D eigenvalue weighted by Gasteiger charge is -2.33. The van der Waals surface area contributed by atoms with Crippen LogP contribution in [0, 0.1) is 0 Å². The first-order valence-electron chi connectivity index (χ1n) is 9.38. The zero-order chi connectivity index (χ0) is 22.4. The molecule has 4 rings (SSSR count). The molecule has 2 heterocycles. The molecule has 0 atom stereocenters. The highest BCUT2D eigenvalue weighted by molar-refractivity contribution is 7.89. The topological polar surface area (TPSA) is 106 Å². The van der Waals surface area contributed by atoms with Crippen molar-refractivity contribution in [3.63, 3.8) is 0 Å². The van der Waals surface area contributed by atoms with Gasteiger partial charge in [-0.1, -0.05) is 11.3 Å². The summed E-state index contributed by atoms with van der Waals surface area (Å²) in [6.07, 6.45) is 0. The average Bonchev–Trinajstić information content (AvgIpc) is 3.06. The molecule has 9 nitrogen and oxygen atoms in total. The zero-order valence-corrected chi connectivity index (χ0v) is 19.3. The van der Waals surface area contributed by atoms with Crippen LogP contribution >= 0.6 is 11.3 Å². The first-order chi connectivity index (χ1) is 14.6. The molecule has 166 valence electrons. The maximum atomic E-state index is 13.1. The van der Waals surface area contributed by atoms with E-state index in [9.17, 15) is 21.6 Å². The Morgan fingerprint density at radius 3 is 1.90 bits per heavy atom. The highest BCUT2D eigenvalue weighted by Gasteiger charge is 2.34. The number of thiazole rings is 1. The molecule has 31 heavy (non-hydrogen) atoms. The summed E-state index contributed by atoms with van der Waals surface area (Å²) in [5.41, 5.74) is 0.671. The number of hydrogen-bond acceptors (Lipinski definition) is 7. The van der Waals surface area contributed by atoms with Gasteiger partial charge in [0.15, 0.2) is 0 Å². The molecule has 12 heteroatoms. The summed E-state index contributed by atoms with van der Waals surface area (Å²) in [5.74, 6) is 0.551. The Bertz CT molecular complexity index is 1380. The quantitative estimate of drug-likeness (QED) is 0.542. The number of methoxy groups -OCH3 is 1. The fraction of sp³-hybridized carbons (Fsp3) is 0.316. The Kier molecular flexibility index (Phi) is 5.68. The van der Waals surface area contributed by atoms with Gasteiger partial charge in [-0.05, 0) is 42.5 Å². The Morgan fingerprint density at radius 2 is 1.35 bits per heavy atom. The van der Waals surface area contributed by atoms with Gasteiger partial charge in [-0.15, -0.1) is 0 Å². The lowest BCUT2D eigenvalue weighted by Crippen LogP contribution is -2.50. The molecule has 0 saturated carbocycles. The van der Waals surface area contributed by atoms with E-state index in [1.807, 2.05) is 0 Å². The second-order valence-corrected chi connectivity index (χ2v) is 11.9. The van der Waals surface area contributed by atoms with E-state index in [0.29, 0.717) is 16.0 Å². The lowest BCUT2D eigenvalue weighted by molar-refractivity contribution is 0.273. The Labute approximate surface area is 184 Å². The number of aromatic nitrogens is 1. The summed E-state index contributed by atoms with van der Waals surface area (Å²) in [4.78, 5) is 11.9. The maximum Gasteiger partial charge on any atom is 0.307 e. The minimum absolute atomic E-state index is 0.0424. The Morgan fingerprint density at radius 1 is 0.839 bits per heavy atom. The smallest absolute Gasteiger partial charge is 0.307 e. The van der Waals surface area contributed by atoms with E-state index in [2.05, 4.69) is 0 Å². The molecular weight excluding hydrogens is 462 g/mol. The molecule has 2 aromatic carbocycles. The van der Waals surface area contributed by atoms with Crippen LogP contribution in [0.4, 0.5) is 0 Å². The Hall–Kier alpha value is -2.25. The average molecular weight is 484 g/mol. The number of rotatable bonds is 5. The number of hydrogen-bond donors (Lipinski definition) is 0. The number of aryl methyl sites for hydroxylation is 1. The molecule has 3 aromatic rings. The fourth-order valence-electron chi connectivity index (χ4n) is 3.47. The van der Waals surface area contributed by atoms with Crippen molar-refractivity contribution in [2.24, 2.45) is 7.05 Å². The van der Waals surface area contributed by atoms with Crippen molar-refractivity contribution in [2.75, 3.05) is 33.3 Å². The molecular formula is C19H21N3O6S3. The normalized spacial score (nSPS) is 16.6. The molecule has 0 N–H and O–H groups in total. The van der Waals surface area contributed by atoms with Gasteiger partial charge in [0, 0.05) is 33.2 Å². The molecule has 1 saturated heterocycles. The van der Waals surface area contributed by atoms with Gasteiger partial charge in [-0.3, -0.25) is 4.79 Å². The number of benzene rings is 2. The van der Waals surface area contributed by atoms with Crippen molar-refractivity contribution in [2.45, 2.75) is 9.79 Å². The minimum atomic E-state index is -3.81. The van der Waals surface area contributed by atoms with E-state index in [1.54, 1.807) is 25.2 Å². The van der Waals surface area contributed by atoms with Gasteiger partial charge in [0.1, 0.15) is 5.75 Å². The predicted octanol–water partition coefficient (Wildman–Crippen LogP) is 1.30. The van der Waals surface area contributed by atoms with Crippen molar-refractivity contribution in [3.8, 4) is 5.75 Å². The number of nitrogens with zero attached hydrogens (tertiary/aromatic N) is 3. The van der Waals surface area contributed by atoms with E-state index in [4.69, 9.17) is 4.74 Å². The molecule has 0 aliphatic carbocycles. The van der Waals surface area contributed by atoms with Crippen molar-refractivity contribution < 1.29 is 21.6 Å². The van der Waals surface area contributed by atoms with E-state index in [-0.39, 0.29) is 40.8 Å². The number of ether oxygens (including phenoxy) is 1. The predicted molar refractivity (Wildman–Crippen MR) is 118 cm³/mol. The molecule has 1 aliphatic rings. The molecule has 1 fully saturated rings. The van der Waals surface area contributed by atoms with Crippen molar-refractivity contribution in [1.29, 1.82) is 0 Å². The molecule has 0 spiro atoms. The summed E-state index contributed by atoms with van der Waals surface area (Å²) >= 11 is 0.988. The van der Waals surface area contributed by atoms with Crippen LogP contribution in [0.1, 0.15) is 0 Å². The number of fused-ring (bicyclic) bond motifs is 1. The summed E-state index contributed by atoms with van der Waals surface area (Å²) in [5, 5.41) is 0. The van der Waals surface area contributed by atoms with Crippen molar-refractivity contribution in [3.05, 3.63) is 52.1 Å². The molecule has 0 bridgehead atoms. The van der Waals surface area contributed by atoms with Gasteiger partial charge in [0.25, 0.3) is 0 Å². The van der Waals surface area contributed by atoms with Crippen LogP contribution < -0.4 is 9.61 Å². The summed E-state index contributed by atoms with van der Waals surface area (Å²) in [7, 11) is -4.40. The van der Waals surface area contributed by atoms with Gasteiger partial charge in [0.2, 0.25) is 20.0 Å². The monoisotopic (exact) mass is 483 g/mol. The van der Waals surface area contributed by atoms with Crippen LogP contribution in [0.15, 0.2) is 57.1 Å². The molecule has 0 radical (unpaired) electrons. The van der Waals surface area contributed by atoms with Gasteiger partial charge in [-0.25, -0.2) is 16.8 Å². The van der Waals surface area contributed by atoms with E-state index in [0.717, 1.165) is 11.3 Å². The first-order valence-corrected chi connectivity index (χ1v) is 13.1. The van der Waals surface area contributed by atoms with Crippen LogP contribution in [-0.2, 0) is 27.1 Å². The van der Waals surface area contributed by atoms with Crippen molar-refractivity contribution >= 4 is 41.6 Å². The van der Waals surface area contributed by atoms with Crippen LogP contribution in [0.25, 0.3) is 10.2 Å². The third kappa shape index (κ3) is 3.89. The third-order valence-electron chi connectivity index (χ3n) is 5.30. The zero-order valence-electron chi connectivity index (χ0n) is 16.9. The summed E-state index contributed by atoms with van der Waals surface area (Å²) in [6.45, 7) is 0.185. The SMILES string of the molecule is COc1ccc(S(=O)(=O)N2CCN(S(=O)(=O)c3ccc4c(c3)sc(=O)n4C)CC2)cc1. The van der Waals surface area contributed by atoms with Crippen LogP contribution in [0.3, 0.4) is 0 Å². The fourth-order valence-corrected chi connectivity index (χ4v) is 7.34. The minimum Gasteiger partial charge on any atom is -0.497 e. The van der Waals surface area contributed by atoms with Crippen LogP contribution in [-0.4, -0.2) is 63.3 Å². The third-order valence-corrected chi connectivity index (χ3v) is 10.1. The van der Waals surface area contributed by atoms with Gasteiger partial charge >= 0.3 is 4.87 Å². The van der Waals surface area contributed by atoms with Crippen LogP contribution in [0.2, 0.25) is 0 Å². The summed E-state index contributed by atoms with van der Waals surface area (Å²) < 4.78 is 61.6.